The standard InChI is InChI=1S/C54H29F12N3/c1-29-13-18-34(42(23-29)53(61,62)63)31-15-21-46-38(25-31)36-7-2-4-10-44(36)68(46)48-20-14-30(28-67)24-40(48)50-41(52(58,59)60)9-6-12-49(50)69-45-11-5-3-8-37(45)39-26-32(16-22-47(39)69)35-19-17-33(51(55,56)57)27-43(35)54(64,65)66/h2-27H,1H3. The van der Waals surface area contributed by atoms with Gasteiger partial charge in [-0.15, -0.1) is 0 Å². The first kappa shape index (κ1) is 44.8. The van der Waals surface area contributed by atoms with E-state index in [1.807, 2.05) is 6.07 Å². The highest BCUT2D eigenvalue weighted by Gasteiger charge is 2.40. The van der Waals surface area contributed by atoms with Crippen LogP contribution < -0.4 is 0 Å². The van der Waals surface area contributed by atoms with E-state index >= 15 is 13.2 Å². The van der Waals surface area contributed by atoms with Gasteiger partial charge in [0.2, 0.25) is 0 Å². The highest BCUT2D eigenvalue weighted by molar-refractivity contribution is 6.13. The molecule has 0 aliphatic heterocycles. The summed E-state index contributed by atoms with van der Waals surface area (Å²) in [4.78, 5) is 0. The van der Waals surface area contributed by atoms with Gasteiger partial charge in [0.1, 0.15) is 0 Å². The highest BCUT2D eigenvalue weighted by Crippen LogP contribution is 2.48. The lowest BCUT2D eigenvalue weighted by Gasteiger charge is -2.22. The van der Waals surface area contributed by atoms with Gasteiger partial charge in [0.25, 0.3) is 0 Å². The van der Waals surface area contributed by atoms with Crippen LogP contribution in [0.15, 0.2) is 158 Å². The Morgan fingerprint density at radius 2 is 0.899 bits per heavy atom. The second-order valence-corrected chi connectivity index (χ2v) is 16.5. The maximum absolute atomic E-state index is 15.6. The predicted molar refractivity (Wildman–Crippen MR) is 241 cm³/mol. The Balaban J connectivity index is 1.25. The summed E-state index contributed by atoms with van der Waals surface area (Å²) in [6, 6.07) is 37.1. The Morgan fingerprint density at radius 3 is 1.43 bits per heavy atom. The molecule has 0 saturated heterocycles. The molecular formula is C54H29F12N3. The lowest BCUT2D eigenvalue weighted by Crippen LogP contribution is -2.12. The van der Waals surface area contributed by atoms with E-state index in [0.29, 0.717) is 44.3 Å². The van der Waals surface area contributed by atoms with Crippen molar-refractivity contribution in [3.05, 3.63) is 191 Å². The quantitative estimate of drug-likeness (QED) is 0.158. The van der Waals surface area contributed by atoms with E-state index in [-0.39, 0.29) is 61.7 Å². The summed E-state index contributed by atoms with van der Waals surface area (Å²) in [5, 5.41) is 11.9. The van der Waals surface area contributed by atoms with Crippen LogP contribution in [-0.4, -0.2) is 9.13 Å². The Bertz CT molecular complexity index is 3760. The molecule has 0 amide bonds. The van der Waals surface area contributed by atoms with Crippen molar-refractivity contribution in [1.29, 1.82) is 5.26 Å². The molecule has 15 heteroatoms. The van der Waals surface area contributed by atoms with Crippen molar-refractivity contribution < 1.29 is 52.7 Å². The zero-order valence-corrected chi connectivity index (χ0v) is 35.4. The van der Waals surface area contributed by atoms with Crippen molar-refractivity contribution in [2.75, 3.05) is 0 Å². The summed E-state index contributed by atoms with van der Waals surface area (Å²) >= 11 is 0. The van der Waals surface area contributed by atoms with Gasteiger partial charge in [0.05, 0.1) is 67.3 Å². The minimum atomic E-state index is -5.20. The van der Waals surface area contributed by atoms with E-state index in [0.717, 1.165) is 18.2 Å². The third-order valence-corrected chi connectivity index (χ3v) is 12.3. The van der Waals surface area contributed by atoms with E-state index < -0.39 is 52.5 Å². The number of fused-ring (bicyclic) bond motifs is 6. The number of nitriles is 1. The van der Waals surface area contributed by atoms with Gasteiger partial charge in [-0.25, -0.2) is 0 Å². The number of para-hydroxylation sites is 2. The van der Waals surface area contributed by atoms with Crippen molar-refractivity contribution in [2.24, 2.45) is 0 Å². The first-order chi connectivity index (χ1) is 32.6. The largest absolute Gasteiger partial charge is 0.417 e. The molecule has 0 unspecified atom stereocenters. The van der Waals surface area contributed by atoms with E-state index in [1.54, 1.807) is 78.2 Å². The Hall–Kier alpha value is -7.99. The zero-order chi connectivity index (χ0) is 48.9. The molecule has 0 fully saturated rings. The topological polar surface area (TPSA) is 33.6 Å². The highest BCUT2D eigenvalue weighted by atomic mass is 19.4. The fourth-order valence-electron chi connectivity index (χ4n) is 9.40. The maximum Gasteiger partial charge on any atom is 0.417 e. The summed E-state index contributed by atoms with van der Waals surface area (Å²) < 4.78 is 177. The number of aryl methyl sites for hydroxylation is 1. The van der Waals surface area contributed by atoms with Gasteiger partial charge in [-0.2, -0.15) is 57.9 Å². The molecule has 10 aromatic rings. The van der Waals surface area contributed by atoms with Gasteiger partial charge in [-0.3, -0.25) is 0 Å². The molecule has 69 heavy (non-hydrogen) atoms. The number of rotatable bonds is 5. The smallest absolute Gasteiger partial charge is 0.309 e. The molecule has 0 aliphatic carbocycles. The van der Waals surface area contributed by atoms with E-state index in [1.165, 1.54) is 65.2 Å². The van der Waals surface area contributed by atoms with Gasteiger partial charge in [-0.1, -0.05) is 78.4 Å². The van der Waals surface area contributed by atoms with Crippen LogP contribution in [-0.2, 0) is 24.7 Å². The number of hydrogen-bond donors (Lipinski definition) is 0. The molecule has 0 spiro atoms. The molecule has 2 aromatic heterocycles. The van der Waals surface area contributed by atoms with Crippen molar-refractivity contribution in [1.82, 2.24) is 9.13 Å². The minimum absolute atomic E-state index is 0.0114. The molecule has 2 heterocycles. The number of benzene rings is 8. The van der Waals surface area contributed by atoms with Crippen LogP contribution in [0.4, 0.5) is 52.7 Å². The van der Waals surface area contributed by atoms with Gasteiger partial charge in [0.15, 0.2) is 0 Å². The molecule has 0 aliphatic rings. The van der Waals surface area contributed by atoms with Crippen molar-refractivity contribution in [2.45, 2.75) is 31.6 Å². The normalized spacial score (nSPS) is 12.7. The van der Waals surface area contributed by atoms with Crippen LogP contribution in [0.1, 0.15) is 33.4 Å². The van der Waals surface area contributed by atoms with E-state index in [4.69, 9.17) is 0 Å². The Labute approximate surface area is 383 Å². The summed E-state index contributed by atoms with van der Waals surface area (Å²) in [6.45, 7) is 1.55. The van der Waals surface area contributed by atoms with Gasteiger partial charge in [0, 0.05) is 32.7 Å². The summed E-state index contributed by atoms with van der Waals surface area (Å²) in [7, 11) is 0. The summed E-state index contributed by atoms with van der Waals surface area (Å²) in [6.07, 6.45) is -20.0. The monoisotopic (exact) mass is 947 g/mol. The fraction of sp³-hybridized carbons (Fsp3) is 0.0926. The molecule has 0 saturated carbocycles. The predicted octanol–water partition coefficient (Wildman–Crippen LogP) is 17.1. The zero-order valence-electron chi connectivity index (χ0n) is 35.4. The lowest BCUT2D eigenvalue weighted by molar-refractivity contribution is -0.143. The number of nitrogens with zero attached hydrogens (tertiary/aromatic N) is 3. The molecule has 344 valence electrons. The lowest BCUT2D eigenvalue weighted by atomic mass is 9.93. The van der Waals surface area contributed by atoms with Gasteiger partial charge in [-0.05, 0) is 114 Å². The number of hydrogen-bond acceptors (Lipinski definition) is 1. The number of aromatic nitrogens is 2. The Morgan fingerprint density at radius 1 is 0.391 bits per heavy atom. The van der Waals surface area contributed by atoms with Crippen LogP contribution in [0, 0.1) is 18.3 Å². The SMILES string of the molecule is Cc1ccc(-c2ccc3c(c2)c2ccccc2n3-c2ccc(C#N)cc2-c2c(-n3c4ccccc4c4cc(-c5ccc(C(F)(F)F)cc5C(F)(F)F)ccc43)cccc2C(F)(F)F)c(C(F)(F)F)c1. The van der Waals surface area contributed by atoms with Crippen molar-refractivity contribution >= 4 is 43.6 Å². The second kappa shape index (κ2) is 15.8. The van der Waals surface area contributed by atoms with Crippen molar-refractivity contribution in [3.63, 3.8) is 0 Å². The van der Waals surface area contributed by atoms with Crippen LogP contribution in [0.2, 0.25) is 0 Å². The van der Waals surface area contributed by atoms with Crippen molar-refractivity contribution in [3.8, 4) is 50.8 Å². The molecule has 0 radical (unpaired) electrons. The first-order valence-electron chi connectivity index (χ1n) is 20.9. The molecule has 0 bridgehead atoms. The summed E-state index contributed by atoms with van der Waals surface area (Å²) in [5.41, 5.74) is -3.96. The molecule has 3 nitrogen and oxygen atoms in total. The molecule has 10 rings (SSSR count). The fourth-order valence-corrected chi connectivity index (χ4v) is 9.40. The third-order valence-electron chi connectivity index (χ3n) is 12.3. The van der Waals surface area contributed by atoms with Crippen LogP contribution in [0.5, 0.6) is 0 Å². The summed E-state index contributed by atoms with van der Waals surface area (Å²) in [5.74, 6) is 0. The second-order valence-electron chi connectivity index (χ2n) is 16.5. The van der Waals surface area contributed by atoms with Crippen LogP contribution in [0.3, 0.4) is 0 Å². The average molecular weight is 948 g/mol. The molecule has 0 N–H and O–H groups in total. The molecule has 8 aromatic carbocycles. The third kappa shape index (κ3) is 7.60. The van der Waals surface area contributed by atoms with Crippen LogP contribution >= 0.6 is 0 Å². The first-order valence-corrected chi connectivity index (χ1v) is 20.9. The van der Waals surface area contributed by atoms with Crippen LogP contribution in [0.25, 0.3) is 88.4 Å². The number of alkyl halides is 12. The maximum atomic E-state index is 15.6. The van der Waals surface area contributed by atoms with Gasteiger partial charge >= 0.3 is 24.7 Å². The minimum Gasteiger partial charge on any atom is -0.309 e. The average Bonchev–Trinajstić information content (AvgIpc) is 3.81. The molecular weight excluding hydrogens is 919 g/mol. The number of halogens is 12. The molecule has 0 atom stereocenters. The Kier molecular flexibility index (Phi) is 10.3. The van der Waals surface area contributed by atoms with E-state index in [9.17, 15) is 44.8 Å². The van der Waals surface area contributed by atoms with E-state index in [2.05, 4.69) is 0 Å². The van der Waals surface area contributed by atoms with Gasteiger partial charge < -0.3 is 9.13 Å².